The van der Waals surface area contributed by atoms with E-state index in [4.69, 9.17) is 4.74 Å². The van der Waals surface area contributed by atoms with Gasteiger partial charge in [0.05, 0.1) is 12.0 Å². The van der Waals surface area contributed by atoms with Gasteiger partial charge in [0.2, 0.25) is 0 Å². The maximum atomic E-state index is 11.0. The molecule has 0 aliphatic rings. The minimum Gasteiger partial charge on any atom is -0.490 e. The highest BCUT2D eigenvalue weighted by Crippen LogP contribution is 2.29. The van der Waals surface area contributed by atoms with Crippen LogP contribution in [0.25, 0.3) is 0 Å². The van der Waals surface area contributed by atoms with Gasteiger partial charge in [0.25, 0.3) is 0 Å². The lowest BCUT2D eigenvalue weighted by atomic mass is 9.82. The molecule has 5 nitrogen and oxygen atoms in total. The lowest BCUT2D eigenvalue weighted by Gasteiger charge is -2.33. The SMILES string of the molecule is COc1ccc(CNC(C)(C)CC(C)(C)C)cc1[N+](=O)[O-]. The van der Waals surface area contributed by atoms with Crippen molar-refractivity contribution in [2.45, 2.75) is 53.1 Å². The van der Waals surface area contributed by atoms with E-state index in [9.17, 15) is 10.1 Å². The molecule has 0 bridgehead atoms. The third kappa shape index (κ3) is 5.71. The van der Waals surface area contributed by atoms with Crippen LogP contribution in [0.2, 0.25) is 0 Å². The van der Waals surface area contributed by atoms with E-state index >= 15 is 0 Å². The number of rotatable bonds is 6. The van der Waals surface area contributed by atoms with Gasteiger partial charge >= 0.3 is 5.69 Å². The lowest BCUT2D eigenvalue weighted by molar-refractivity contribution is -0.385. The highest BCUT2D eigenvalue weighted by molar-refractivity contribution is 5.48. The molecule has 0 atom stereocenters. The number of nitro benzene ring substituents is 1. The zero-order chi connectivity index (χ0) is 16.3. The van der Waals surface area contributed by atoms with Crippen LogP contribution in [0.15, 0.2) is 18.2 Å². The first-order valence-corrected chi connectivity index (χ1v) is 7.10. The van der Waals surface area contributed by atoms with E-state index in [1.54, 1.807) is 12.1 Å². The minimum absolute atomic E-state index is 0.00503. The summed E-state index contributed by atoms with van der Waals surface area (Å²) < 4.78 is 5.01. The number of hydrogen-bond donors (Lipinski definition) is 1. The van der Waals surface area contributed by atoms with Gasteiger partial charge in [0.1, 0.15) is 0 Å². The van der Waals surface area contributed by atoms with E-state index < -0.39 is 4.92 Å². The minimum atomic E-state index is -0.414. The molecule has 118 valence electrons. The van der Waals surface area contributed by atoms with Crippen LogP contribution >= 0.6 is 0 Å². The maximum Gasteiger partial charge on any atom is 0.311 e. The monoisotopic (exact) mass is 294 g/mol. The molecule has 1 rings (SSSR count). The van der Waals surface area contributed by atoms with E-state index in [0.29, 0.717) is 6.54 Å². The van der Waals surface area contributed by atoms with E-state index in [0.717, 1.165) is 12.0 Å². The zero-order valence-electron chi connectivity index (χ0n) is 13.8. The number of nitrogens with zero attached hydrogens (tertiary/aromatic N) is 1. The summed E-state index contributed by atoms with van der Waals surface area (Å²) in [5.74, 6) is 0.290. The molecule has 0 aliphatic heterocycles. The summed E-state index contributed by atoms with van der Waals surface area (Å²) in [6.45, 7) is 11.5. The Hall–Kier alpha value is -1.62. The maximum absolute atomic E-state index is 11.0. The first-order chi connectivity index (χ1) is 9.54. The molecule has 21 heavy (non-hydrogen) atoms. The Kier molecular flexibility index (Phi) is 5.34. The summed E-state index contributed by atoms with van der Waals surface area (Å²) in [6, 6.07) is 5.07. The van der Waals surface area contributed by atoms with Crippen LogP contribution in [0.1, 0.15) is 46.6 Å². The lowest BCUT2D eigenvalue weighted by Crippen LogP contribution is -2.41. The Morgan fingerprint density at radius 3 is 2.33 bits per heavy atom. The molecular formula is C16H26N2O3. The third-order valence-corrected chi connectivity index (χ3v) is 3.18. The second-order valence-electron chi connectivity index (χ2n) is 7.24. The van der Waals surface area contributed by atoms with Crippen molar-refractivity contribution in [3.05, 3.63) is 33.9 Å². The van der Waals surface area contributed by atoms with Crippen molar-refractivity contribution >= 4 is 5.69 Å². The van der Waals surface area contributed by atoms with Crippen molar-refractivity contribution in [3.63, 3.8) is 0 Å². The summed E-state index contributed by atoms with van der Waals surface area (Å²) in [4.78, 5) is 10.6. The first-order valence-electron chi connectivity index (χ1n) is 7.10. The summed E-state index contributed by atoms with van der Waals surface area (Å²) in [5.41, 5.74) is 1.07. The van der Waals surface area contributed by atoms with Crippen molar-refractivity contribution in [3.8, 4) is 5.75 Å². The third-order valence-electron chi connectivity index (χ3n) is 3.18. The van der Waals surface area contributed by atoms with Crippen LogP contribution in [-0.2, 0) is 6.54 Å². The molecule has 1 N–H and O–H groups in total. The topological polar surface area (TPSA) is 64.4 Å². The van der Waals surface area contributed by atoms with Crippen LogP contribution in [0.3, 0.4) is 0 Å². The van der Waals surface area contributed by atoms with Crippen LogP contribution in [0.4, 0.5) is 5.69 Å². The number of ether oxygens (including phenoxy) is 1. The Labute approximate surface area is 126 Å². The van der Waals surface area contributed by atoms with Crippen molar-refractivity contribution in [1.82, 2.24) is 5.32 Å². The average molecular weight is 294 g/mol. The van der Waals surface area contributed by atoms with Gasteiger partial charge in [-0.15, -0.1) is 0 Å². The van der Waals surface area contributed by atoms with Gasteiger partial charge in [0, 0.05) is 18.2 Å². The predicted molar refractivity (Wildman–Crippen MR) is 84.6 cm³/mol. The summed E-state index contributed by atoms with van der Waals surface area (Å²) >= 11 is 0. The van der Waals surface area contributed by atoms with Gasteiger partial charge in [-0.25, -0.2) is 0 Å². The molecule has 0 saturated carbocycles. The van der Waals surface area contributed by atoms with E-state index in [1.807, 2.05) is 6.07 Å². The average Bonchev–Trinajstić information content (AvgIpc) is 2.33. The zero-order valence-corrected chi connectivity index (χ0v) is 13.8. The first kappa shape index (κ1) is 17.4. The fourth-order valence-electron chi connectivity index (χ4n) is 2.72. The van der Waals surface area contributed by atoms with E-state index in [2.05, 4.69) is 39.9 Å². The molecule has 0 fully saturated rings. The molecule has 0 heterocycles. The van der Waals surface area contributed by atoms with Gasteiger partial charge in [-0.1, -0.05) is 26.8 Å². The normalized spacial score (nSPS) is 12.3. The van der Waals surface area contributed by atoms with Gasteiger partial charge < -0.3 is 10.1 Å². The quantitative estimate of drug-likeness (QED) is 0.638. The summed E-state index contributed by atoms with van der Waals surface area (Å²) in [6.07, 6.45) is 1.01. The summed E-state index contributed by atoms with van der Waals surface area (Å²) in [5, 5.41) is 14.5. The molecule has 0 spiro atoms. The van der Waals surface area contributed by atoms with Crippen LogP contribution < -0.4 is 10.1 Å². The fourth-order valence-corrected chi connectivity index (χ4v) is 2.72. The number of nitrogens with one attached hydrogen (secondary N) is 1. The van der Waals surface area contributed by atoms with Gasteiger partial charge in [-0.2, -0.15) is 0 Å². The van der Waals surface area contributed by atoms with Crippen molar-refractivity contribution in [1.29, 1.82) is 0 Å². The molecule has 0 unspecified atom stereocenters. The van der Waals surface area contributed by atoms with Crippen LogP contribution in [0, 0.1) is 15.5 Å². The number of benzene rings is 1. The van der Waals surface area contributed by atoms with Crippen molar-refractivity contribution in [2.75, 3.05) is 7.11 Å². The summed E-state index contributed by atoms with van der Waals surface area (Å²) in [7, 11) is 1.44. The molecule has 0 radical (unpaired) electrons. The van der Waals surface area contributed by atoms with E-state index in [1.165, 1.54) is 7.11 Å². The predicted octanol–water partition coefficient (Wildman–Crippen LogP) is 3.91. The molecule has 0 amide bonds. The van der Waals surface area contributed by atoms with E-state index in [-0.39, 0.29) is 22.4 Å². The number of hydrogen-bond acceptors (Lipinski definition) is 4. The molecule has 0 aromatic heterocycles. The molecule has 5 heteroatoms. The number of methoxy groups -OCH3 is 1. The largest absolute Gasteiger partial charge is 0.490 e. The number of nitro groups is 1. The van der Waals surface area contributed by atoms with Gasteiger partial charge in [-0.05, 0) is 37.3 Å². The molecular weight excluding hydrogens is 268 g/mol. The van der Waals surface area contributed by atoms with Crippen molar-refractivity contribution in [2.24, 2.45) is 5.41 Å². The molecule has 0 aliphatic carbocycles. The molecule has 0 saturated heterocycles. The Morgan fingerprint density at radius 1 is 1.24 bits per heavy atom. The van der Waals surface area contributed by atoms with Gasteiger partial charge in [-0.3, -0.25) is 10.1 Å². The van der Waals surface area contributed by atoms with Gasteiger partial charge in [0.15, 0.2) is 5.75 Å². The highest BCUT2D eigenvalue weighted by Gasteiger charge is 2.25. The van der Waals surface area contributed by atoms with Crippen LogP contribution in [-0.4, -0.2) is 17.6 Å². The Bertz CT molecular complexity index is 505. The highest BCUT2D eigenvalue weighted by atomic mass is 16.6. The second kappa shape index (κ2) is 6.43. The Balaban J connectivity index is 2.80. The molecule has 1 aromatic carbocycles. The smallest absolute Gasteiger partial charge is 0.311 e. The Morgan fingerprint density at radius 2 is 1.86 bits per heavy atom. The standard InChI is InChI=1S/C16H26N2O3/c1-15(2,3)11-16(4,5)17-10-12-7-8-14(21-6)13(9-12)18(19)20/h7-9,17H,10-11H2,1-6H3. The molecule has 1 aromatic rings. The van der Waals surface area contributed by atoms with Crippen molar-refractivity contribution < 1.29 is 9.66 Å². The second-order valence-corrected chi connectivity index (χ2v) is 7.24. The fraction of sp³-hybridized carbons (Fsp3) is 0.625. The van der Waals surface area contributed by atoms with Crippen LogP contribution in [0.5, 0.6) is 5.75 Å².